The lowest BCUT2D eigenvalue weighted by molar-refractivity contribution is 0.930. The fourth-order valence-corrected chi connectivity index (χ4v) is 2.55. The third-order valence-electron chi connectivity index (χ3n) is 3.73. The summed E-state index contributed by atoms with van der Waals surface area (Å²) in [6.07, 6.45) is 3.38. The summed E-state index contributed by atoms with van der Waals surface area (Å²) in [6, 6.07) is 20.2. The number of rotatable bonds is 3. The Hall–Kier alpha value is -3.34. The predicted octanol–water partition coefficient (Wildman–Crippen LogP) is 3.53. The number of nitrogens with zero attached hydrogens (tertiary/aromatic N) is 5. The molecule has 0 unspecified atom stereocenters. The van der Waals surface area contributed by atoms with Gasteiger partial charge in [-0.3, -0.25) is 0 Å². The minimum Gasteiger partial charge on any atom is -0.317 e. The van der Waals surface area contributed by atoms with E-state index in [0.717, 1.165) is 22.5 Å². The Bertz CT molecular complexity index is 962. The van der Waals surface area contributed by atoms with Crippen molar-refractivity contribution in [2.75, 3.05) is 0 Å². The van der Waals surface area contributed by atoms with E-state index in [4.69, 9.17) is 4.99 Å². The molecular formula is C19H15N5. The molecule has 0 spiro atoms. The predicted molar refractivity (Wildman–Crippen MR) is 94.5 cm³/mol. The van der Waals surface area contributed by atoms with E-state index in [2.05, 4.69) is 15.0 Å². The van der Waals surface area contributed by atoms with Crippen LogP contribution >= 0.6 is 0 Å². The van der Waals surface area contributed by atoms with E-state index in [9.17, 15) is 0 Å². The maximum atomic E-state index is 4.75. The smallest absolute Gasteiger partial charge is 0.199 e. The van der Waals surface area contributed by atoms with E-state index in [1.54, 1.807) is 12.5 Å². The molecule has 0 bridgehead atoms. The van der Waals surface area contributed by atoms with Crippen LogP contribution in [-0.4, -0.2) is 25.2 Å². The van der Waals surface area contributed by atoms with Crippen LogP contribution in [0.3, 0.4) is 0 Å². The number of fused-ring (bicyclic) bond motifs is 1. The van der Waals surface area contributed by atoms with Crippen molar-refractivity contribution >= 4 is 22.8 Å². The number of aryl methyl sites for hydroxylation is 1. The van der Waals surface area contributed by atoms with Gasteiger partial charge >= 0.3 is 0 Å². The van der Waals surface area contributed by atoms with Gasteiger partial charge in [0.25, 0.3) is 0 Å². The van der Waals surface area contributed by atoms with Crippen LogP contribution in [0.4, 0.5) is 5.82 Å². The van der Waals surface area contributed by atoms with Crippen molar-refractivity contribution in [2.45, 2.75) is 0 Å². The van der Waals surface area contributed by atoms with Crippen molar-refractivity contribution in [3.63, 3.8) is 0 Å². The molecule has 0 aliphatic rings. The minimum absolute atomic E-state index is 0.545. The molecule has 116 valence electrons. The van der Waals surface area contributed by atoms with Gasteiger partial charge in [0.15, 0.2) is 17.1 Å². The second kappa shape index (κ2) is 6.04. The summed E-state index contributed by atoms with van der Waals surface area (Å²) in [4.78, 5) is 17.9. The summed E-state index contributed by atoms with van der Waals surface area (Å²) < 4.78 is 1.84. The van der Waals surface area contributed by atoms with Gasteiger partial charge in [-0.1, -0.05) is 60.7 Å². The number of hydrogen-bond acceptors (Lipinski definition) is 4. The van der Waals surface area contributed by atoms with Crippen LogP contribution < -0.4 is 0 Å². The van der Waals surface area contributed by atoms with E-state index in [1.165, 1.54) is 0 Å². The number of aliphatic imine (C=N–C) groups is 1. The van der Waals surface area contributed by atoms with Crippen LogP contribution in [0.2, 0.25) is 0 Å². The van der Waals surface area contributed by atoms with Gasteiger partial charge in [0.2, 0.25) is 0 Å². The van der Waals surface area contributed by atoms with Gasteiger partial charge in [-0.05, 0) is 0 Å². The van der Waals surface area contributed by atoms with E-state index in [0.29, 0.717) is 11.5 Å². The normalized spacial score (nSPS) is 10.7. The highest BCUT2D eigenvalue weighted by Crippen LogP contribution is 2.17. The molecule has 0 saturated heterocycles. The molecule has 2 heterocycles. The molecule has 2 aromatic carbocycles. The first kappa shape index (κ1) is 14.3. The largest absolute Gasteiger partial charge is 0.317 e. The van der Waals surface area contributed by atoms with Crippen molar-refractivity contribution in [1.29, 1.82) is 0 Å². The highest BCUT2D eigenvalue weighted by Gasteiger charge is 2.09. The van der Waals surface area contributed by atoms with Crippen molar-refractivity contribution in [2.24, 2.45) is 12.0 Å². The summed E-state index contributed by atoms with van der Waals surface area (Å²) in [5, 5.41) is 0. The molecule has 0 atom stereocenters. The highest BCUT2D eigenvalue weighted by atomic mass is 15.1. The summed E-state index contributed by atoms with van der Waals surface area (Å²) in [6.45, 7) is 0. The molecule has 0 aliphatic heterocycles. The highest BCUT2D eigenvalue weighted by molar-refractivity contribution is 6.13. The molecule has 0 amide bonds. The van der Waals surface area contributed by atoms with Crippen LogP contribution in [0, 0.1) is 0 Å². The van der Waals surface area contributed by atoms with Crippen LogP contribution in [0.15, 0.2) is 78.2 Å². The molecule has 0 radical (unpaired) electrons. The summed E-state index contributed by atoms with van der Waals surface area (Å²) >= 11 is 0. The first-order chi connectivity index (χ1) is 11.8. The van der Waals surface area contributed by atoms with Gasteiger partial charge in [0, 0.05) is 18.2 Å². The fraction of sp³-hybridized carbons (Fsp3) is 0.0526. The second-order valence-electron chi connectivity index (χ2n) is 5.42. The van der Waals surface area contributed by atoms with Crippen LogP contribution in [-0.2, 0) is 7.05 Å². The number of aromatic nitrogens is 4. The van der Waals surface area contributed by atoms with Gasteiger partial charge in [0.05, 0.1) is 18.2 Å². The molecule has 24 heavy (non-hydrogen) atoms. The van der Waals surface area contributed by atoms with E-state index in [-0.39, 0.29) is 0 Å². The van der Waals surface area contributed by atoms with E-state index in [1.807, 2.05) is 72.3 Å². The Kier molecular flexibility index (Phi) is 3.59. The Morgan fingerprint density at radius 2 is 1.50 bits per heavy atom. The topological polar surface area (TPSA) is 56.0 Å². The molecule has 5 heteroatoms. The minimum atomic E-state index is 0.545. The average Bonchev–Trinajstić information content (AvgIpc) is 3.02. The van der Waals surface area contributed by atoms with Gasteiger partial charge in [-0.15, -0.1) is 0 Å². The zero-order chi connectivity index (χ0) is 16.4. The first-order valence-electron chi connectivity index (χ1n) is 7.65. The molecular weight excluding hydrogens is 298 g/mol. The van der Waals surface area contributed by atoms with Gasteiger partial charge in [0.1, 0.15) is 0 Å². The van der Waals surface area contributed by atoms with Gasteiger partial charge in [-0.2, -0.15) is 0 Å². The SMILES string of the molecule is Cn1cnc2nc(N=C(c3ccccc3)c3ccccc3)cnc21. The quantitative estimate of drug-likeness (QED) is 0.544. The maximum absolute atomic E-state index is 4.75. The van der Waals surface area contributed by atoms with Crippen LogP contribution in [0.5, 0.6) is 0 Å². The molecule has 4 aromatic rings. The van der Waals surface area contributed by atoms with E-state index < -0.39 is 0 Å². The number of imidazole rings is 1. The van der Waals surface area contributed by atoms with Crippen LogP contribution in [0.1, 0.15) is 11.1 Å². The van der Waals surface area contributed by atoms with Crippen molar-refractivity contribution in [1.82, 2.24) is 19.5 Å². The maximum Gasteiger partial charge on any atom is 0.199 e. The van der Waals surface area contributed by atoms with Crippen molar-refractivity contribution < 1.29 is 0 Å². The Labute approximate surface area is 139 Å². The lowest BCUT2D eigenvalue weighted by atomic mass is 10.0. The lowest BCUT2D eigenvalue weighted by Gasteiger charge is -2.07. The van der Waals surface area contributed by atoms with E-state index >= 15 is 0 Å². The molecule has 0 saturated carbocycles. The number of hydrogen-bond donors (Lipinski definition) is 0. The van der Waals surface area contributed by atoms with Gasteiger partial charge in [-0.25, -0.2) is 19.9 Å². The molecule has 2 aromatic heterocycles. The lowest BCUT2D eigenvalue weighted by Crippen LogP contribution is -2.03. The van der Waals surface area contributed by atoms with Crippen molar-refractivity contribution in [3.05, 3.63) is 84.3 Å². The third-order valence-corrected chi connectivity index (χ3v) is 3.73. The molecule has 0 fully saturated rings. The summed E-state index contributed by atoms with van der Waals surface area (Å²) in [5.74, 6) is 0.545. The zero-order valence-corrected chi connectivity index (χ0v) is 13.2. The van der Waals surface area contributed by atoms with Gasteiger partial charge < -0.3 is 4.57 Å². The third kappa shape index (κ3) is 2.67. The zero-order valence-electron chi connectivity index (χ0n) is 13.2. The summed E-state index contributed by atoms with van der Waals surface area (Å²) in [5.41, 5.74) is 4.27. The fourth-order valence-electron chi connectivity index (χ4n) is 2.55. The standard InChI is InChI=1S/C19H15N5/c1-24-13-21-18-19(24)20-12-16(23-18)22-17(14-8-4-2-5-9-14)15-10-6-3-7-11-15/h2-13H,1H3. The molecule has 4 rings (SSSR count). The monoisotopic (exact) mass is 313 g/mol. The summed E-state index contributed by atoms with van der Waals surface area (Å²) in [7, 11) is 1.90. The number of benzene rings is 2. The molecule has 5 nitrogen and oxygen atoms in total. The average molecular weight is 313 g/mol. The second-order valence-corrected chi connectivity index (χ2v) is 5.42. The Balaban J connectivity index is 1.86. The van der Waals surface area contributed by atoms with Crippen molar-refractivity contribution in [3.8, 4) is 0 Å². The molecule has 0 N–H and O–H groups in total. The first-order valence-corrected chi connectivity index (χ1v) is 7.65. The van der Waals surface area contributed by atoms with Crippen LogP contribution in [0.25, 0.3) is 11.3 Å². The Morgan fingerprint density at radius 1 is 0.875 bits per heavy atom. The Morgan fingerprint density at radius 3 is 2.12 bits per heavy atom. The molecule has 0 aliphatic carbocycles.